The highest BCUT2D eigenvalue weighted by atomic mass is 16.7. The first-order valence-electron chi connectivity index (χ1n) is 7.25. The molecule has 2 unspecified atom stereocenters. The number of hydrogen-bond donors (Lipinski definition) is 2. The van der Waals surface area contributed by atoms with Crippen LogP contribution in [0.3, 0.4) is 0 Å². The first-order chi connectivity index (χ1) is 9.83. The maximum Gasteiger partial charge on any atom is 0.231 e. The fourth-order valence-electron chi connectivity index (χ4n) is 2.70. The van der Waals surface area contributed by atoms with E-state index in [0.29, 0.717) is 18.9 Å². The molecule has 0 aliphatic carbocycles. The van der Waals surface area contributed by atoms with Crippen LogP contribution < -0.4 is 20.1 Å². The molecule has 5 heteroatoms. The average Bonchev–Trinajstić information content (AvgIpc) is 2.95. The van der Waals surface area contributed by atoms with Crippen molar-refractivity contribution in [1.29, 1.82) is 0 Å². The van der Waals surface area contributed by atoms with Gasteiger partial charge in [0.25, 0.3) is 0 Å². The SMILES string of the molecule is CC(CC1COCCN1)NCc1cccc2c1OCO2. The zero-order valence-electron chi connectivity index (χ0n) is 11.9. The first kappa shape index (κ1) is 13.7. The fraction of sp³-hybridized carbons (Fsp3) is 0.600. The van der Waals surface area contributed by atoms with Crippen LogP contribution in [0.25, 0.3) is 0 Å². The van der Waals surface area contributed by atoms with Crippen LogP contribution in [0.4, 0.5) is 0 Å². The topological polar surface area (TPSA) is 51.8 Å². The second-order valence-corrected chi connectivity index (χ2v) is 5.39. The van der Waals surface area contributed by atoms with Gasteiger partial charge in [-0.05, 0) is 19.4 Å². The molecule has 0 bridgehead atoms. The van der Waals surface area contributed by atoms with Gasteiger partial charge in [-0.3, -0.25) is 0 Å². The third kappa shape index (κ3) is 3.23. The van der Waals surface area contributed by atoms with E-state index < -0.39 is 0 Å². The number of rotatable bonds is 5. The maximum absolute atomic E-state index is 5.52. The van der Waals surface area contributed by atoms with Gasteiger partial charge < -0.3 is 24.8 Å². The summed E-state index contributed by atoms with van der Waals surface area (Å²) < 4.78 is 16.4. The van der Waals surface area contributed by atoms with Gasteiger partial charge in [-0.15, -0.1) is 0 Å². The zero-order valence-corrected chi connectivity index (χ0v) is 11.9. The van der Waals surface area contributed by atoms with Crippen molar-refractivity contribution in [3.05, 3.63) is 23.8 Å². The number of nitrogens with one attached hydrogen (secondary N) is 2. The molecule has 20 heavy (non-hydrogen) atoms. The molecule has 2 N–H and O–H groups in total. The van der Waals surface area contributed by atoms with E-state index in [1.165, 1.54) is 0 Å². The van der Waals surface area contributed by atoms with Gasteiger partial charge in [0, 0.05) is 30.7 Å². The fourth-order valence-corrected chi connectivity index (χ4v) is 2.70. The third-order valence-electron chi connectivity index (χ3n) is 3.76. The lowest BCUT2D eigenvalue weighted by molar-refractivity contribution is 0.0712. The average molecular weight is 278 g/mol. The molecule has 2 atom stereocenters. The molecule has 1 aromatic carbocycles. The van der Waals surface area contributed by atoms with E-state index in [9.17, 15) is 0 Å². The number of hydrogen-bond acceptors (Lipinski definition) is 5. The largest absolute Gasteiger partial charge is 0.454 e. The Morgan fingerprint density at radius 1 is 1.40 bits per heavy atom. The number of ether oxygens (including phenoxy) is 3. The maximum atomic E-state index is 5.52. The Kier molecular flexibility index (Phi) is 4.40. The lowest BCUT2D eigenvalue weighted by Gasteiger charge is -2.26. The van der Waals surface area contributed by atoms with Crippen LogP contribution in [0, 0.1) is 0 Å². The highest BCUT2D eigenvalue weighted by Gasteiger charge is 2.19. The Hall–Kier alpha value is -1.30. The molecular weight excluding hydrogens is 256 g/mol. The van der Waals surface area contributed by atoms with Gasteiger partial charge in [0.15, 0.2) is 11.5 Å². The summed E-state index contributed by atoms with van der Waals surface area (Å²) in [4.78, 5) is 0. The van der Waals surface area contributed by atoms with Crippen molar-refractivity contribution in [2.75, 3.05) is 26.6 Å². The lowest BCUT2D eigenvalue weighted by atomic mass is 10.1. The van der Waals surface area contributed by atoms with Crippen molar-refractivity contribution >= 4 is 0 Å². The van der Waals surface area contributed by atoms with Gasteiger partial charge >= 0.3 is 0 Å². The molecule has 0 saturated carbocycles. The molecule has 0 aromatic heterocycles. The van der Waals surface area contributed by atoms with Crippen LogP contribution in [0.1, 0.15) is 18.9 Å². The molecule has 1 fully saturated rings. The number of fused-ring (bicyclic) bond motifs is 1. The Morgan fingerprint density at radius 2 is 2.35 bits per heavy atom. The Balaban J connectivity index is 1.50. The molecule has 1 aromatic rings. The molecule has 1 saturated heterocycles. The van der Waals surface area contributed by atoms with Crippen molar-refractivity contribution in [2.24, 2.45) is 0 Å². The predicted octanol–water partition coefficient (Wildman–Crippen LogP) is 1.27. The molecule has 0 radical (unpaired) electrons. The van der Waals surface area contributed by atoms with Crippen LogP contribution >= 0.6 is 0 Å². The van der Waals surface area contributed by atoms with Crippen LogP contribution in [0.2, 0.25) is 0 Å². The summed E-state index contributed by atoms with van der Waals surface area (Å²) in [6, 6.07) is 6.90. The third-order valence-corrected chi connectivity index (χ3v) is 3.76. The molecule has 2 aliphatic rings. The van der Waals surface area contributed by atoms with Crippen molar-refractivity contribution in [1.82, 2.24) is 10.6 Å². The van der Waals surface area contributed by atoms with Crippen LogP contribution in [-0.2, 0) is 11.3 Å². The van der Waals surface area contributed by atoms with Gasteiger partial charge in [0.2, 0.25) is 6.79 Å². The standard InChI is InChI=1S/C15H22N2O3/c1-11(7-13-9-18-6-5-16-13)17-8-12-3-2-4-14-15(12)20-10-19-14/h2-4,11,13,16-17H,5-10H2,1H3. The monoisotopic (exact) mass is 278 g/mol. The second kappa shape index (κ2) is 6.43. The van der Waals surface area contributed by atoms with E-state index >= 15 is 0 Å². The molecule has 2 aliphatic heterocycles. The summed E-state index contributed by atoms with van der Waals surface area (Å²) in [7, 11) is 0. The predicted molar refractivity (Wildman–Crippen MR) is 76.1 cm³/mol. The quantitative estimate of drug-likeness (QED) is 0.849. The van der Waals surface area contributed by atoms with E-state index in [2.05, 4.69) is 23.6 Å². The minimum absolute atomic E-state index is 0.325. The lowest BCUT2D eigenvalue weighted by Crippen LogP contribution is -2.44. The van der Waals surface area contributed by atoms with E-state index in [4.69, 9.17) is 14.2 Å². The van der Waals surface area contributed by atoms with E-state index in [1.54, 1.807) is 0 Å². The van der Waals surface area contributed by atoms with Crippen LogP contribution in [0.15, 0.2) is 18.2 Å². The van der Waals surface area contributed by atoms with Crippen molar-refractivity contribution < 1.29 is 14.2 Å². The summed E-state index contributed by atoms with van der Waals surface area (Å²) in [5, 5.41) is 7.02. The van der Waals surface area contributed by atoms with Crippen molar-refractivity contribution in [2.45, 2.75) is 32.0 Å². The number of morpholine rings is 1. The van der Waals surface area contributed by atoms with Crippen LogP contribution in [-0.4, -0.2) is 38.6 Å². The highest BCUT2D eigenvalue weighted by Crippen LogP contribution is 2.35. The normalized spacial score (nSPS) is 22.8. The number of para-hydroxylation sites is 1. The van der Waals surface area contributed by atoms with Gasteiger partial charge in [-0.2, -0.15) is 0 Å². The molecule has 0 amide bonds. The minimum Gasteiger partial charge on any atom is -0.454 e. The summed E-state index contributed by atoms with van der Waals surface area (Å²) in [6.45, 7) is 5.91. The summed E-state index contributed by atoms with van der Waals surface area (Å²) >= 11 is 0. The van der Waals surface area contributed by atoms with Gasteiger partial charge in [-0.1, -0.05) is 12.1 Å². The Morgan fingerprint density at radius 3 is 3.20 bits per heavy atom. The van der Waals surface area contributed by atoms with E-state index in [-0.39, 0.29) is 0 Å². The Bertz CT molecular complexity index is 447. The first-order valence-corrected chi connectivity index (χ1v) is 7.25. The van der Waals surface area contributed by atoms with Crippen molar-refractivity contribution in [3.8, 4) is 11.5 Å². The zero-order chi connectivity index (χ0) is 13.8. The van der Waals surface area contributed by atoms with Crippen molar-refractivity contribution in [3.63, 3.8) is 0 Å². The molecular formula is C15H22N2O3. The summed E-state index contributed by atoms with van der Waals surface area (Å²) in [5.41, 5.74) is 1.15. The molecule has 2 heterocycles. The number of benzene rings is 1. The second-order valence-electron chi connectivity index (χ2n) is 5.39. The van der Waals surface area contributed by atoms with E-state index in [0.717, 1.165) is 49.8 Å². The van der Waals surface area contributed by atoms with Gasteiger partial charge in [0.05, 0.1) is 13.2 Å². The van der Waals surface area contributed by atoms with Gasteiger partial charge in [0.1, 0.15) is 0 Å². The highest BCUT2D eigenvalue weighted by molar-refractivity contribution is 5.48. The van der Waals surface area contributed by atoms with Gasteiger partial charge in [-0.25, -0.2) is 0 Å². The summed E-state index contributed by atoms with van der Waals surface area (Å²) in [6.07, 6.45) is 1.06. The molecule has 5 nitrogen and oxygen atoms in total. The smallest absolute Gasteiger partial charge is 0.231 e. The van der Waals surface area contributed by atoms with E-state index in [1.807, 2.05) is 12.1 Å². The summed E-state index contributed by atoms with van der Waals surface area (Å²) in [5.74, 6) is 1.73. The Labute approximate surface area is 119 Å². The molecule has 3 rings (SSSR count). The van der Waals surface area contributed by atoms with Crippen LogP contribution in [0.5, 0.6) is 11.5 Å². The minimum atomic E-state index is 0.325. The molecule has 0 spiro atoms. The molecule has 110 valence electrons.